The van der Waals surface area contributed by atoms with Crippen LogP contribution in [0.3, 0.4) is 0 Å². The number of aromatic nitrogens is 1. The van der Waals surface area contributed by atoms with Crippen LogP contribution in [-0.2, 0) is 16.0 Å². The van der Waals surface area contributed by atoms with Crippen LogP contribution in [0.5, 0.6) is 0 Å². The van der Waals surface area contributed by atoms with Crippen LogP contribution < -0.4 is 5.32 Å². The van der Waals surface area contributed by atoms with Crippen molar-refractivity contribution in [2.45, 2.75) is 38.5 Å². The van der Waals surface area contributed by atoms with E-state index in [2.05, 4.69) is 10.3 Å². The number of ether oxygens (including phenoxy) is 2. The number of nitrogens with one attached hydrogen (secondary N) is 1. The van der Waals surface area contributed by atoms with Gasteiger partial charge in [0.2, 0.25) is 0 Å². The number of hydrogen-bond acceptors (Lipinski definition) is 4. The van der Waals surface area contributed by atoms with Crippen molar-refractivity contribution in [2.24, 2.45) is 5.92 Å². The maximum absolute atomic E-state index is 12.5. The van der Waals surface area contributed by atoms with Crippen LogP contribution in [0.25, 0.3) is 0 Å². The molecule has 1 aromatic rings. The summed E-state index contributed by atoms with van der Waals surface area (Å²) in [6.07, 6.45) is 5.60. The number of amides is 2. The highest BCUT2D eigenvalue weighted by atomic mass is 16.5. The number of urea groups is 1. The number of hydrogen-bond donors (Lipinski definition) is 1. The highest BCUT2D eigenvalue weighted by molar-refractivity contribution is 5.74. The Morgan fingerprint density at radius 2 is 2.43 bits per heavy atom. The van der Waals surface area contributed by atoms with Gasteiger partial charge in [-0.05, 0) is 37.3 Å². The first-order valence-electron chi connectivity index (χ1n) is 8.40. The van der Waals surface area contributed by atoms with Crippen molar-refractivity contribution >= 4 is 6.03 Å². The third-order valence-corrected chi connectivity index (χ3v) is 4.62. The zero-order valence-corrected chi connectivity index (χ0v) is 13.6. The molecule has 2 heterocycles. The van der Waals surface area contributed by atoms with Crippen molar-refractivity contribution in [1.29, 1.82) is 0 Å². The van der Waals surface area contributed by atoms with Crippen LogP contribution in [0.2, 0.25) is 0 Å². The molecule has 2 aliphatic rings. The Morgan fingerprint density at radius 3 is 3.22 bits per heavy atom. The minimum Gasteiger partial charge on any atom is -0.381 e. The van der Waals surface area contributed by atoms with Crippen molar-refractivity contribution in [1.82, 2.24) is 15.2 Å². The average Bonchev–Trinajstić information content (AvgIpc) is 3.01. The topological polar surface area (TPSA) is 63.7 Å². The van der Waals surface area contributed by atoms with Gasteiger partial charge in [-0.1, -0.05) is 6.07 Å². The van der Waals surface area contributed by atoms with Gasteiger partial charge in [-0.25, -0.2) is 4.79 Å². The van der Waals surface area contributed by atoms with Crippen molar-refractivity contribution in [3.05, 3.63) is 30.1 Å². The normalized spacial score (nSPS) is 26.8. The lowest BCUT2D eigenvalue weighted by molar-refractivity contribution is -0.0389. The van der Waals surface area contributed by atoms with E-state index < -0.39 is 0 Å². The standard InChI is InChI=1S/C17H25N3O3/c1-2-22-12-14-8-15-16(9-14)23-7-6-20(15)17(21)19-11-13-4-3-5-18-10-13/h3-5,10,14-16H,2,6-9,11-12H2,1H3,(H,19,21)/t14-,15-,16-/m0/s1. The Balaban J connectivity index is 1.55. The Kier molecular flexibility index (Phi) is 5.46. The van der Waals surface area contributed by atoms with Gasteiger partial charge < -0.3 is 19.7 Å². The Morgan fingerprint density at radius 1 is 1.52 bits per heavy atom. The number of nitrogens with zero attached hydrogens (tertiary/aromatic N) is 2. The van der Waals surface area contributed by atoms with Crippen LogP contribution in [0.1, 0.15) is 25.3 Å². The van der Waals surface area contributed by atoms with Crippen LogP contribution in [0.15, 0.2) is 24.5 Å². The molecule has 23 heavy (non-hydrogen) atoms. The zero-order chi connectivity index (χ0) is 16.1. The molecule has 6 nitrogen and oxygen atoms in total. The Hall–Kier alpha value is -1.66. The average molecular weight is 319 g/mol. The number of morpholine rings is 1. The van der Waals surface area contributed by atoms with E-state index in [-0.39, 0.29) is 18.2 Å². The molecule has 2 amide bonds. The molecule has 0 spiro atoms. The van der Waals surface area contributed by atoms with E-state index in [4.69, 9.17) is 9.47 Å². The maximum atomic E-state index is 12.5. The van der Waals surface area contributed by atoms with E-state index in [1.807, 2.05) is 24.0 Å². The predicted octanol–water partition coefficient (Wildman–Crippen LogP) is 1.81. The van der Waals surface area contributed by atoms with Gasteiger partial charge in [0.25, 0.3) is 0 Å². The fourth-order valence-electron chi connectivity index (χ4n) is 3.51. The fraction of sp³-hybridized carbons (Fsp3) is 0.647. The van der Waals surface area contributed by atoms with Crippen LogP contribution >= 0.6 is 0 Å². The van der Waals surface area contributed by atoms with Gasteiger partial charge >= 0.3 is 6.03 Å². The molecule has 3 rings (SSSR count). The number of carbonyl (C=O) groups is 1. The molecular weight excluding hydrogens is 294 g/mol. The Bertz CT molecular complexity index is 511. The predicted molar refractivity (Wildman–Crippen MR) is 85.9 cm³/mol. The van der Waals surface area contributed by atoms with E-state index in [9.17, 15) is 4.79 Å². The molecule has 2 fully saturated rings. The summed E-state index contributed by atoms with van der Waals surface area (Å²) in [5.41, 5.74) is 1.01. The van der Waals surface area contributed by atoms with Gasteiger partial charge in [-0.2, -0.15) is 0 Å². The van der Waals surface area contributed by atoms with Crippen molar-refractivity contribution < 1.29 is 14.3 Å². The van der Waals surface area contributed by atoms with Crippen LogP contribution in [0.4, 0.5) is 4.79 Å². The molecule has 0 radical (unpaired) electrons. The summed E-state index contributed by atoms with van der Waals surface area (Å²) in [5.74, 6) is 0.483. The molecule has 1 N–H and O–H groups in total. The van der Waals surface area contributed by atoms with Gasteiger partial charge in [-0.3, -0.25) is 4.98 Å². The smallest absolute Gasteiger partial charge is 0.318 e. The summed E-state index contributed by atoms with van der Waals surface area (Å²) in [7, 11) is 0. The first kappa shape index (κ1) is 16.2. The van der Waals surface area contributed by atoms with Gasteiger partial charge in [0.05, 0.1) is 18.8 Å². The SMILES string of the molecule is CCOC[C@@H]1C[C@@H]2OCCN(C(=O)NCc3cccnc3)[C@H]2C1. The highest BCUT2D eigenvalue weighted by Gasteiger charge is 2.42. The molecule has 6 heteroatoms. The van der Waals surface area contributed by atoms with Crippen molar-refractivity contribution in [3.8, 4) is 0 Å². The number of pyridine rings is 1. The number of rotatable bonds is 5. The van der Waals surface area contributed by atoms with Crippen LogP contribution in [-0.4, -0.2) is 54.4 Å². The minimum absolute atomic E-state index is 0.00999. The second-order valence-electron chi connectivity index (χ2n) is 6.19. The fourth-order valence-corrected chi connectivity index (χ4v) is 3.51. The lowest BCUT2D eigenvalue weighted by atomic mass is 10.1. The second kappa shape index (κ2) is 7.75. The molecule has 0 aromatic carbocycles. The van der Waals surface area contributed by atoms with E-state index in [0.29, 0.717) is 25.6 Å². The lowest BCUT2D eigenvalue weighted by Gasteiger charge is -2.37. The van der Waals surface area contributed by atoms with Gasteiger partial charge in [0.15, 0.2) is 0 Å². The van der Waals surface area contributed by atoms with Crippen molar-refractivity contribution in [3.63, 3.8) is 0 Å². The lowest BCUT2D eigenvalue weighted by Crippen LogP contribution is -2.54. The maximum Gasteiger partial charge on any atom is 0.318 e. The summed E-state index contributed by atoms with van der Waals surface area (Å²) in [6, 6.07) is 4.00. The molecule has 1 aliphatic heterocycles. The molecule has 126 valence electrons. The molecular formula is C17H25N3O3. The van der Waals surface area contributed by atoms with Gasteiger partial charge in [0.1, 0.15) is 0 Å². The van der Waals surface area contributed by atoms with Crippen molar-refractivity contribution in [2.75, 3.05) is 26.4 Å². The molecule has 1 aliphatic carbocycles. The molecule has 0 unspecified atom stereocenters. The molecule has 1 aromatic heterocycles. The highest BCUT2D eigenvalue weighted by Crippen LogP contribution is 2.34. The summed E-state index contributed by atoms with van der Waals surface area (Å²) in [6.45, 7) is 5.28. The molecule has 1 saturated heterocycles. The zero-order valence-electron chi connectivity index (χ0n) is 13.6. The molecule has 1 saturated carbocycles. The largest absolute Gasteiger partial charge is 0.381 e. The summed E-state index contributed by atoms with van der Waals surface area (Å²) < 4.78 is 11.4. The summed E-state index contributed by atoms with van der Waals surface area (Å²) in [4.78, 5) is 18.6. The van der Waals surface area contributed by atoms with E-state index in [0.717, 1.165) is 31.6 Å². The van der Waals surface area contributed by atoms with Gasteiger partial charge in [0, 0.05) is 38.7 Å². The minimum atomic E-state index is -0.00999. The second-order valence-corrected chi connectivity index (χ2v) is 6.19. The quantitative estimate of drug-likeness (QED) is 0.899. The third kappa shape index (κ3) is 4.00. The monoisotopic (exact) mass is 319 g/mol. The third-order valence-electron chi connectivity index (χ3n) is 4.62. The Labute approximate surface area is 137 Å². The first-order chi connectivity index (χ1) is 11.3. The van der Waals surface area contributed by atoms with E-state index in [1.54, 1.807) is 12.4 Å². The summed E-state index contributed by atoms with van der Waals surface area (Å²) >= 11 is 0. The number of fused-ring (bicyclic) bond motifs is 1. The van der Waals surface area contributed by atoms with E-state index in [1.165, 1.54) is 0 Å². The molecule has 0 bridgehead atoms. The first-order valence-corrected chi connectivity index (χ1v) is 8.40. The number of carbonyl (C=O) groups excluding carboxylic acids is 1. The van der Waals surface area contributed by atoms with Crippen LogP contribution in [0, 0.1) is 5.92 Å². The summed E-state index contributed by atoms with van der Waals surface area (Å²) in [5, 5.41) is 3.00. The molecule has 3 atom stereocenters. The van der Waals surface area contributed by atoms with Gasteiger partial charge in [-0.15, -0.1) is 0 Å². The van der Waals surface area contributed by atoms with E-state index >= 15 is 0 Å².